The fourth-order valence-electron chi connectivity index (χ4n) is 2.91. The van der Waals surface area contributed by atoms with Gasteiger partial charge in [-0.25, -0.2) is 0 Å². The minimum absolute atomic E-state index is 0.0593. The highest BCUT2D eigenvalue weighted by Crippen LogP contribution is 2.37. The third kappa shape index (κ3) is 4.73. The number of phenols is 1. The summed E-state index contributed by atoms with van der Waals surface area (Å²) in [5, 5.41) is 13.5. The molecule has 2 N–H and O–H groups in total. The topological polar surface area (TPSA) is 49.3 Å². The molecule has 3 nitrogen and oxygen atoms in total. The van der Waals surface area contributed by atoms with Crippen molar-refractivity contribution in [3.63, 3.8) is 0 Å². The van der Waals surface area contributed by atoms with Crippen LogP contribution in [0.5, 0.6) is 5.75 Å². The first-order chi connectivity index (χ1) is 10.5. The fourth-order valence-corrected chi connectivity index (χ4v) is 2.91. The lowest BCUT2D eigenvalue weighted by molar-refractivity contribution is -0.121. The smallest absolute Gasteiger partial charge is 0.220 e. The van der Waals surface area contributed by atoms with Crippen LogP contribution in [0.3, 0.4) is 0 Å². The summed E-state index contributed by atoms with van der Waals surface area (Å²) in [5.74, 6) is 0.492. The van der Waals surface area contributed by atoms with Gasteiger partial charge in [-0.2, -0.15) is 0 Å². The first-order valence-corrected chi connectivity index (χ1v) is 8.64. The minimum atomic E-state index is -0.120. The molecule has 0 unspecified atom stereocenters. The van der Waals surface area contributed by atoms with Gasteiger partial charge in [-0.05, 0) is 52.8 Å². The highest BCUT2D eigenvalue weighted by Gasteiger charge is 2.26. The summed E-state index contributed by atoms with van der Waals surface area (Å²) < 4.78 is 0. The standard InChI is InChI=1S/C20H31NO2/c1-19(2,3)15-12-17(22)16(20(4,5)6)11-13(15)7-10-18(23)21-14-8-9-14/h11-12,14,22H,7-10H2,1-6H3,(H,21,23). The van der Waals surface area contributed by atoms with Gasteiger partial charge in [-0.1, -0.05) is 47.6 Å². The van der Waals surface area contributed by atoms with E-state index in [2.05, 4.69) is 52.9 Å². The van der Waals surface area contributed by atoms with Crippen LogP contribution in [-0.4, -0.2) is 17.1 Å². The van der Waals surface area contributed by atoms with Crippen molar-refractivity contribution in [2.45, 2.75) is 84.1 Å². The van der Waals surface area contributed by atoms with E-state index < -0.39 is 0 Å². The Morgan fingerprint density at radius 3 is 2.13 bits per heavy atom. The van der Waals surface area contributed by atoms with Crippen LogP contribution in [0.25, 0.3) is 0 Å². The van der Waals surface area contributed by atoms with Gasteiger partial charge in [0, 0.05) is 12.5 Å². The summed E-state index contributed by atoms with van der Waals surface area (Å²) in [6, 6.07) is 4.41. The number of nitrogens with one attached hydrogen (secondary N) is 1. The van der Waals surface area contributed by atoms with Crippen molar-refractivity contribution < 1.29 is 9.90 Å². The normalized spacial score (nSPS) is 15.6. The molecule has 1 saturated carbocycles. The van der Waals surface area contributed by atoms with E-state index in [1.807, 2.05) is 6.07 Å². The highest BCUT2D eigenvalue weighted by molar-refractivity contribution is 5.77. The summed E-state index contributed by atoms with van der Waals surface area (Å²) in [6.07, 6.45) is 3.46. The van der Waals surface area contributed by atoms with E-state index in [1.54, 1.807) is 0 Å². The van der Waals surface area contributed by atoms with Crippen molar-refractivity contribution in [3.8, 4) is 5.75 Å². The summed E-state index contributed by atoms with van der Waals surface area (Å²) >= 11 is 0. The van der Waals surface area contributed by atoms with Gasteiger partial charge in [0.05, 0.1) is 0 Å². The zero-order valence-electron chi connectivity index (χ0n) is 15.4. The zero-order valence-corrected chi connectivity index (χ0v) is 15.4. The number of benzene rings is 1. The Hall–Kier alpha value is -1.51. The Kier molecular flexibility index (Phi) is 4.79. The lowest BCUT2D eigenvalue weighted by Gasteiger charge is -2.28. The van der Waals surface area contributed by atoms with Crippen LogP contribution in [0.15, 0.2) is 12.1 Å². The molecule has 0 aromatic heterocycles. The predicted octanol–water partition coefficient (Wildman–Crippen LogP) is 4.20. The number of amides is 1. The van der Waals surface area contributed by atoms with Gasteiger partial charge in [-0.3, -0.25) is 4.79 Å². The number of carbonyl (C=O) groups is 1. The molecule has 0 saturated heterocycles. The maximum atomic E-state index is 12.0. The van der Waals surface area contributed by atoms with Crippen LogP contribution >= 0.6 is 0 Å². The molecule has 0 radical (unpaired) electrons. The van der Waals surface area contributed by atoms with E-state index >= 15 is 0 Å². The van der Waals surface area contributed by atoms with Crippen molar-refractivity contribution in [1.82, 2.24) is 5.32 Å². The minimum Gasteiger partial charge on any atom is -0.508 e. The molecule has 0 aliphatic heterocycles. The average Bonchev–Trinajstić information content (AvgIpc) is 3.18. The van der Waals surface area contributed by atoms with Crippen LogP contribution in [0.1, 0.15) is 77.5 Å². The number of hydrogen-bond acceptors (Lipinski definition) is 2. The number of hydrogen-bond donors (Lipinski definition) is 2. The van der Waals surface area contributed by atoms with E-state index in [4.69, 9.17) is 0 Å². The third-order valence-corrected chi connectivity index (χ3v) is 4.40. The van der Waals surface area contributed by atoms with Crippen molar-refractivity contribution >= 4 is 5.91 Å². The molecule has 2 rings (SSSR count). The summed E-state index contributed by atoms with van der Waals surface area (Å²) in [7, 11) is 0. The lowest BCUT2D eigenvalue weighted by Crippen LogP contribution is -2.26. The fraction of sp³-hybridized carbons (Fsp3) is 0.650. The van der Waals surface area contributed by atoms with Gasteiger partial charge in [0.1, 0.15) is 5.75 Å². The van der Waals surface area contributed by atoms with Crippen LogP contribution in [0.2, 0.25) is 0 Å². The average molecular weight is 317 g/mol. The first-order valence-electron chi connectivity index (χ1n) is 8.64. The number of carbonyl (C=O) groups excluding carboxylic acids is 1. The second-order valence-corrected chi connectivity index (χ2v) is 8.87. The Labute approximate surface area is 140 Å². The molecule has 0 heterocycles. The summed E-state index contributed by atoms with van der Waals surface area (Å²) in [4.78, 5) is 12.0. The number of aromatic hydroxyl groups is 1. The SMILES string of the molecule is CC(C)(C)c1cc(CCC(=O)NC2CC2)c(C(C)(C)C)cc1O. The molecular formula is C20H31NO2. The van der Waals surface area contributed by atoms with Crippen LogP contribution in [-0.2, 0) is 22.0 Å². The van der Waals surface area contributed by atoms with E-state index in [-0.39, 0.29) is 16.7 Å². The van der Waals surface area contributed by atoms with Gasteiger partial charge < -0.3 is 10.4 Å². The Morgan fingerprint density at radius 2 is 1.65 bits per heavy atom. The van der Waals surface area contributed by atoms with Crippen LogP contribution < -0.4 is 5.32 Å². The van der Waals surface area contributed by atoms with E-state index in [0.29, 0.717) is 24.6 Å². The monoisotopic (exact) mass is 317 g/mol. The van der Waals surface area contributed by atoms with Crippen LogP contribution in [0, 0.1) is 0 Å². The molecule has 23 heavy (non-hydrogen) atoms. The van der Waals surface area contributed by atoms with Gasteiger partial charge in [0.15, 0.2) is 0 Å². The van der Waals surface area contributed by atoms with Gasteiger partial charge in [0.2, 0.25) is 5.91 Å². The molecule has 128 valence electrons. The Balaban J connectivity index is 2.27. The largest absolute Gasteiger partial charge is 0.508 e. The zero-order chi connectivity index (χ0) is 17.4. The van der Waals surface area contributed by atoms with Crippen molar-refractivity contribution in [3.05, 3.63) is 28.8 Å². The molecule has 0 atom stereocenters. The Morgan fingerprint density at radius 1 is 1.09 bits per heavy atom. The van der Waals surface area contributed by atoms with E-state index in [1.165, 1.54) is 5.56 Å². The molecule has 0 bridgehead atoms. The van der Waals surface area contributed by atoms with Crippen LogP contribution in [0.4, 0.5) is 0 Å². The van der Waals surface area contributed by atoms with Gasteiger partial charge in [-0.15, -0.1) is 0 Å². The van der Waals surface area contributed by atoms with E-state index in [9.17, 15) is 9.90 Å². The lowest BCUT2D eigenvalue weighted by atomic mass is 9.78. The Bertz CT molecular complexity index is 587. The third-order valence-electron chi connectivity index (χ3n) is 4.40. The molecule has 0 spiro atoms. The molecule has 1 aromatic carbocycles. The van der Waals surface area contributed by atoms with E-state index in [0.717, 1.165) is 24.0 Å². The second-order valence-electron chi connectivity index (χ2n) is 8.87. The van der Waals surface area contributed by atoms with Crippen molar-refractivity contribution in [2.75, 3.05) is 0 Å². The first kappa shape index (κ1) is 17.8. The molecule has 1 aliphatic carbocycles. The second kappa shape index (κ2) is 6.18. The molecule has 3 heteroatoms. The highest BCUT2D eigenvalue weighted by atomic mass is 16.3. The number of rotatable bonds is 4. The quantitative estimate of drug-likeness (QED) is 0.874. The summed E-state index contributed by atoms with van der Waals surface area (Å²) in [5.41, 5.74) is 3.07. The summed E-state index contributed by atoms with van der Waals surface area (Å²) in [6.45, 7) is 12.7. The maximum absolute atomic E-state index is 12.0. The number of aryl methyl sites for hydroxylation is 1. The molecular weight excluding hydrogens is 286 g/mol. The van der Waals surface area contributed by atoms with Gasteiger partial charge in [0.25, 0.3) is 0 Å². The maximum Gasteiger partial charge on any atom is 0.220 e. The predicted molar refractivity (Wildman–Crippen MR) is 95.0 cm³/mol. The number of phenolic OH excluding ortho intramolecular Hbond substituents is 1. The van der Waals surface area contributed by atoms with Gasteiger partial charge >= 0.3 is 0 Å². The van der Waals surface area contributed by atoms with Crippen molar-refractivity contribution in [2.24, 2.45) is 0 Å². The molecule has 1 fully saturated rings. The molecule has 1 aromatic rings. The molecule has 1 amide bonds. The molecule has 1 aliphatic rings. The van der Waals surface area contributed by atoms with Crippen molar-refractivity contribution in [1.29, 1.82) is 0 Å².